The molecule has 36 heavy (non-hydrogen) atoms. The number of pyridine rings is 1. The molecule has 1 saturated heterocycles. The number of piperidine rings is 1. The number of fused-ring (bicyclic) bond motifs is 1. The largest absolute Gasteiger partial charge is 0.490 e. The number of nitrogens with zero attached hydrogens (tertiary/aromatic N) is 3. The Morgan fingerprint density at radius 3 is 2.47 bits per heavy atom. The Labute approximate surface area is 205 Å². The van der Waals surface area contributed by atoms with Gasteiger partial charge in [-0.05, 0) is 37.3 Å². The molecule has 5 rings (SSSR count). The Hall–Kier alpha value is -3.60. The minimum absolute atomic E-state index is 0.0504. The summed E-state index contributed by atoms with van der Waals surface area (Å²) in [4.78, 5) is 24.5. The van der Waals surface area contributed by atoms with Gasteiger partial charge in [0.1, 0.15) is 0 Å². The number of alkyl halides is 3. The van der Waals surface area contributed by atoms with Crippen molar-refractivity contribution in [2.24, 2.45) is 0 Å². The van der Waals surface area contributed by atoms with Crippen LogP contribution in [0.15, 0.2) is 54.7 Å². The minimum Gasteiger partial charge on any atom is -0.481 e. The van der Waals surface area contributed by atoms with E-state index in [1.807, 2.05) is 18.2 Å². The van der Waals surface area contributed by atoms with Crippen molar-refractivity contribution in [2.75, 3.05) is 13.7 Å². The number of aromatic nitrogens is 2. The lowest BCUT2D eigenvalue weighted by Gasteiger charge is -2.40. The summed E-state index contributed by atoms with van der Waals surface area (Å²) in [5.74, 6) is -2.19. The number of carboxylic acid groups (broad SMARTS) is 1. The molecule has 1 atom stereocenters. The molecule has 8 nitrogen and oxygen atoms in total. The van der Waals surface area contributed by atoms with Crippen LogP contribution in [0.2, 0.25) is 0 Å². The number of ether oxygens (including phenoxy) is 1. The van der Waals surface area contributed by atoms with Crippen LogP contribution >= 0.6 is 0 Å². The van der Waals surface area contributed by atoms with E-state index in [0.29, 0.717) is 11.4 Å². The highest BCUT2D eigenvalue weighted by atomic mass is 19.4. The average Bonchev–Trinajstić information content (AvgIpc) is 3.47. The molecule has 3 heterocycles. The maximum atomic E-state index is 13.0. The highest BCUT2D eigenvalue weighted by Gasteiger charge is 2.51. The highest BCUT2D eigenvalue weighted by molar-refractivity contribution is 6.00. The van der Waals surface area contributed by atoms with E-state index in [1.165, 1.54) is 18.4 Å². The van der Waals surface area contributed by atoms with E-state index in [4.69, 9.17) is 14.6 Å². The molecule has 11 heteroatoms. The standard InChI is InChI=1S/C23H26N4O2.C2HF3O2/c1-29-21-9-5-8-20-19(15-24-27(20)21)22(28)25-18-10-13-26(23(14-18)11-12-23)16-17-6-3-2-4-7-17;3-2(4,5)1(6)7/h2-9,15,18H,10-14,16H2,1H3,(H,25,28);(H,6,7). The maximum absolute atomic E-state index is 13.0. The van der Waals surface area contributed by atoms with Crippen molar-refractivity contribution >= 4 is 17.4 Å². The predicted molar refractivity (Wildman–Crippen MR) is 125 cm³/mol. The van der Waals surface area contributed by atoms with Gasteiger partial charge in [-0.3, -0.25) is 9.69 Å². The Bertz CT molecular complexity index is 1230. The summed E-state index contributed by atoms with van der Waals surface area (Å²) in [6.07, 6.45) is 0.988. The predicted octanol–water partition coefficient (Wildman–Crippen LogP) is 3.90. The van der Waals surface area contributed by atoms with Crippen LogP contribution in [-0.4, -0.2) is 62.9 Å². The fourth-order valence-corrected chi connectivity index (χ4v) is 4.66. The third-order valence-corrected chi connectivity index (χ3v) is 6.63. The van der Waals surface area contributed by atoms with Crippen LogP contribution in [0, 0.1) is 0 Å². The Morgan fingerprint density at radius 2 is 1.86 bits per heavy atom. The summed E-state index contributed by atoms with van der Waals surface area (Å²) in [7, 11) is 1.61. The Balaban J connectivity index is 0.000000384. The number of methoxy groups -OCH3 is 1. The molecule has 1 amide bonds. The molecule has 2 aromatic heterocycles. The van der Waals surface area contributed by atoms with Crippen molar-refractivity contribution in [3.05, 3.63) is 65.9 Å². The molecule has 0 radical (unpaired) electrons. The number of amides is 1. The van der Waals surface area contributed by atoms with E-state index >= 15 is 0 Å². The van der Waals surface area contributed by atoms with Crippen molar-refractivity contribution in [3.63, 3.8) is 0 Å². The van der Waals surface area contributed by atoms with Gasteiger partial charge in [0.2, 0.25) is 5.88 Å². The molecular weight excluding hydrogens is 477 g/mol. The molecule has 1 aliphatic carbocycles. The van der Waals surface area contributed by atoms with Crippen LogP contribution in [0.5, 0.6) is 5.88 Å². The third-order valence-electron chi connectivity index (χ3n) is 6.63. The van der Waals surface area contributed by atoms with Crippen molar-refractivity contribution in [1.29, 1.82) is 0 Å². The summed E-state index contributed by atoms with van der Waals surface area (Å²) < 4.78 is 38.7. The molecule has 1 unspecified atom stereocenters. The monoisotopic (exact) mass is 504 g/mol. The van der Waals surface area contributed by atoms with Crippen LogP contribution in [0.25, 0.3) is 5.52 Å². The van der Waals surface area contributed by atoms with E-state index in [0.717, 1.165) is 31.4 Å². The molecule has 0 bridgehead atoms. The lowest BCUT2D eigenvalue weighted by Crippen LogP contribution is -2.51. The van der Waals surface area contributed by atoms with Gasteiger partial charge < -0.3 is 15.2 Å². The summed E-state index contributed by atoms with van der Waals surface area (Å²) in [6.45, 7) is 2.01. The molecule has 192 valence electrons. The van der Waals surface area contributed by atoms with Crippen LogP contribution in [-0.2, 0) is 11.3 Å². The van der Waals surface area contributed by atoms with Gasteiger partial charge in [0, 0.05) is 30.7 Å². The quantitative estimate of drug-likeness (QED) is 0.547. The lowest BCUT2D eigenvalue weighted by molar-refractivity contribution is -0.192. The zero-order chi connectivity index (χ0) is 25.9. The van der Waals surface area contributed by atoms with Crippen molar-refractivity contribution < 1.29 is 32.6 Å². The number of carbonyl (C=O) groups is 2. The highest BCUT2D eigenvalue weighted by Crippen LogP contribution is 2.49. The number of rotatable bonds is 5. The minimum atomic E-state index is -5.08. The number of halogens is 3. The van der Waals surface area contributed by atoms with Gasteiger partial charge in [0.05, 0.1) is 24.4 Å². The topological polar surface area (TPSA) is 96.2 Å². The fraction of sp³-hybridized carbons (Fsp3) is 0.400. The third kappa shape index (κ3) is 5.62. The first-order chi connectivity index (χ1) is 17.1. The normalized spacial score (nSPS) is 18.8. The van der Waals surface area contributed by atoms with Gasteiger partial charge in [-0.1, -0.05) is 36.4 Å². The summed E-state index contributed by atoms with van der Waals surface area (Å²) in [5, 5.41) is 14.7. The van der Waals surface area contributed by atoms with Gasteiger partial charge in [0.25, 0.3) is 5.91 Å². The molecule has 1 aliphatic heterocycles. The molecule has 3 aromatic rings. The number of hydrogen-bond donors (Lipinski definition) is 2. The average molecular weight is 505 g/mol. The van der Waals surface area contributed by atoms with Crippen LogP contribution in [0.3, 0.4) is 0 Å². The van der Waals surface area contributed by atoms with Crippen LogP contribution in [0.4, 0.5) is 13.2 Å². The number of carboxylic acids is 1. The van der Waals surface area contributed by atoms with Crippen molar-refractivity contribution in [3.8, 4) is 5.88 Å². The molecule has 2 N–H and O–H groups in total. The SMILES string of the molecule is COc1cccc2c(C(=O)NC3CCN(Cc4ccccc4)C4(CC4)C3)cnn12.O=C(O)C(F)(F)F. The second-order valence-electron chi connectivity index (χ2n) is 9.02. The summed E-state index contributed by atoms with van der Waals surface area (Å²) >= 11 is 0. The van der Waals surface area contributed by atoms with E-state index in [9.17, 15) is 18.0 Å². The molecular formula is C25H27F3N4O4. The van der Waals surface area contributed by atoms with E-state index in [-0.39, 0.29) is 17.5 Å². The number of hydrogen-bond acceptors (Lipinski definition) is 5. The van der Waals surface area contributed by atoms with E-state index < -0.39 is 12.1 Å². The second kappa shape index (κ2) is 10.2. The first-order valence-corrected chi connectivity index (χ1v) is 11.5. The van der Waals surface area contributed by atoms with E-state index in [2.05, 4.69) is 45.6 Å². The number of nitrogens with one attached hydrogen (secondary N) is 1. The Morgan fingerprint density at radius 1 is 1.17 bits per heavy atom. The van der Waals surface area contributed by atoms with Gasteiger partial charge in [-0.2, -0.15) is 18.3 Å². The van der Waals surface area contributed by atoms with Crippen LogP contribution in [0.1, 0.15) is 41.6 Å². The van der Waals surface area contributed by atoms with Gasteiger partial charge in [-0.25, -0.2) is 9.31 Å². The van der Waals surface area contributed by atoms with Crippen LogP contribution < -0.4 is 10.1 Å². The number of aliphatic carboxylic acids is 1. The zero-order valence-electron chi connectivity index (χ0n) is 19.7. The molecule has 2 fully saturated rings. The summed E-state index contributed by atoms with van der Waals surface area (Å²) in [6, 6.07) is 16.5. The first kappa shape index (κ1) is 25.5. The summed E-state index contributed by atoms with van der Waals surface area (Å²) in [5.41, 5.74) is 2.99. The molecule has 2 aliphatic rings. The van der Waals surface area contributed by atoms with Crippen molar-refractivity contribution in [1.82, 2.24) is 19.8 Å². The van der Waals surface area contributed by atoms with E-state index in [1.54, 1.807) is 17.8 Å². The van der Waals surface area contributed by atoms with Gasteiger partial charge in [-0.15, -0.1) is 0 Å². The number of benzene rings is 1. The lowest BCUT2D eigenvalue weighted by atomic mass is 9.94. The van der Waals surface area contributed by atoms with Crippen molar-refractivity contribution in [2.45, 2.75) is 50.0 Å². The zero-order valence-corrected chi connectivity index (χ0v) is 19.7. The molecule has 1 saturated carbocycles. The smallest absolute Gasteiger partial charge is 0.481 e. The Kier molecular flexibility index (Phi) is 7.21. The fourth-order valence-electron chi connectivity index (χ4n) is 4.66. The maximum Gasteiger partial charge on any atom is 0.490 e. The first-order valence-electron chi connectivity index (χ1n) is 11.5. The van der Waals surface area contributed by atoms with Gasteiger partial charge >= 0.3 is 12.1 Å². The van der Waals surface area contributed by atoms with Gasteiger partial charge in [0.15, 0.2) is 0 Å². The number of likely N-dealkylation sites (tertiary alicyclic amines) is 1. The number of carbonyl (C=O) groups excluding carboxylic acids is 1. The molecule has 1 spiro atoms. The molecule has 1 aromatic carbocycles. The second-order valence-corrected chi connectivity index (χ2v) is 9.02.